The van der Waals surface area contributed by atoms with Crippen LogP contribution in [0.2, 0.25) is 0 Å². The van der Waals surface area contributed by atoms with Crippen molar-refractivity contribution in [2.45, 2.75) is 31.7 Å². The third-order valence-corrected chi connectivity index (χ3v) is 2.07. The van der Waals surface area contributed by atoms with Crippen molar-refractivity contribution < 1.29 is 4.42 Å². The number of anilines is 1. The quantitative estimate of drug-likeness (QED) is 0.717. The fourth-order valence-corrected chi connectivity index (χ4v) is 1.04. The van der Waals surface area contributed by atoms with Crippen molar-refractivity contribution in [2.75, 3.05) is 5.32 Å². The minimum Gasteiger partial charge on any atom is -0.408 e. The van der Waals surface area contributed by atoms with Gasteiger partial charge in [-0.3, -0.25) is 0 Å². The number of hydrogen-bond donors (Lipinski definition) is 1. The summed E-state index contributed by atoms with van der Waals surface area (Å²) in [5, 5.41) is 10.9. The van der Waals surface area contributed by atoms with Gasteiger partial charge in [0.2, 0.25) is 5.89 Å². The Labute approximate surface area is 77.0 Å². The molecule has 0 bridgehead atoms. The zero-order valence-electron chi connectivity index (χ0n) is 7.66. The van der Waals surface area contributed by atoms with Crippen LogP contribution in [0, 0.1) is 0 Å². The molecule has 0 spiro atoms. The van der Waals surface area contributed by atoms with E-state index in [4.69, 9.17) is 4.42 Å². The van der Waals surface area contributed by atoms with E-state index in [1.165, 1.54) is 12.8 Å². The summed E-state index contributed by atoms with van der Waals surface area (Å²) in [6.45, 7) is 5.64. The van der Waals surface area contributed by atoms with Gasteiger partial charge in [-0.15, -0.1) is 11.7 Å². The highest BCUT2D eigenvalue weighted by atomic mass is 16.4. The van der Waals surface area contributed by atoms with Gasteiger partial charge in [-0.05, 0) is 19.8 Å². The Hall–Kier alpha value is -1.32. The second-order valence-electron chi connectivity index (χ2n) is 3.39. The number of hydrogen-bond acceptors (Lipinski definition) is 4. The smallest absolute Gasteiger partial charge is 0.315 e. The molecule has 4 nitrogen and oxygen atoms in total. The van der Waals surface area contributed by atoms with Crippen LogP contribution in [0.5, 0.6) is 0 Å². The van der Waals surface area contributed by atoms with Crippen LogP contribution in [-0.4, -0.2) is 16.2 Å². The molecule has 1 aliphatic rings. The van der Waals surface area contributed by atoms with Crippen molar-refractivity contribution in [3.05, 3.63) is 18.5 Å². The van der Waals surface area contributed by atoms with E-state index in [1.54, 1.807) is 6.08 Å². The zero-order valence-corrected chi connectivity index (χ0v) is 7.66. The average molecular weight is 179 g/mol. The first-order valence-corrected chi connectivity index (χ1v) is 4.52. The summed E-state index contributed by atoms with van der Waals surface area (Å²) in [5.41, 5.74) is 0. The lowest BCUT2D eigenvalue weighted by Crippen LogP contribution is -2.11. The second kappa shape index (κ2) is 3.20. The number of aromatic nitrogens is 2. The first kappa shape index (κ1) is 8.29. The predicted molar refractivity (Wildman–Crippen MR) is 49.6 cm³/mol. The zero-order chi connectivity index (χ0) is 9.26. The highest BCUT2D eigenvalue weighted by Crippen LogP contribution is 2.39. The molecule has 2 rings (SSSR count). The molecule has 4 heteroatoms. The van der Waals surface area contributed by atoms with Gasteiger partial charge in [-0.1, -0.05) is 11.2 Å². The van der Waals surface area contributed by atoms with E-state index < -0.39 is 0 Å². The Kier molecular flexibility index (Phi) is 2.04. The van der Waals surface area contributed by atoms with Gasteiger partial charge in [-0.25, -0.2) is 0 Å². The number of nitrogens with zero attached hydrogens (tertiary/aromatic N) is 2. The lowest BCUT2D eigenvalue weighted by atomic mass is 10.3. The molecule has 0 amide bonds. The summed E-state index contributed by atoms with van der Waals surface area (Å²) >= 11 is 0. The van der Waals surface area contributed by atoms with E-state index in [-0.39, 0.29) is 6.04 Å². The normalized spacial score (nSPS) is 18.2. The molecule has 1 N–H and O–H groups in total. The van der Waals surface area contributed by atoms with E-state index in [1.807, 2.05) is 6.92 Å². The summed E-state index contributed by atoms with van der Waals surface area (Å²) in [7, 11) is 0. The lowest BCUT2D eigenvalue weighted by Gasteiger charge is -2.03. The van der Waals surface area contributed by atoms with Crippen molar-refractivity contribution in [1.82, 2.24) is 10.2 Å². The van der Waals surface area contributed by atoms with Crippen LogP contribution in [0.3, 0.4) is 0 Å². The summed E-state index contributed by atoms with van der Waals surface area (Å²) in [6.07, 6.45) is 4.15. The van der Waals surface area contributed by atoms with Crippen LogP contribution < -0.4 is 5.32 Å². The summed E-state index contributed by atoms with van der Waals surface area (Å²) < 4.78 is 5.40. The van der Waals surface area contributed by atoms with Gasteiger partial charge in [0.05, 0.1) is 0 Å². The van der Waals surface area contributed by atoms with Crippen molar-refractivity contribution in [1.29, 1.82) is 0 Å². The Balaban J connectivity index is 2.00. The van der Waals surface area contributed by atoms with E-state index in [0.717, 1.165) is 5.89 Å². The van der Waals surface area contributed by atoms with Crippen LogP contribution in [0.1, 0.15) is 31.6 Å². The number of nitrogens with one attached hydrogen (secondary N) is 1. The Morgan fingerprint density at radius 2 is 2.38 bits per heavy atom. The van der Waals surface area contributed by atoms with Gasteiger partial charge < -0.3 is 9.73 Å². The molecule has 0 aromatic carbocycles. The molecule has 0 radical (unpaired) electrons. The summed E-state index contributed by atoms with van der Waals surface area (Å²) in [5.74, 6) is 1.28. The molecule has 1 heterocycles. The molecule has 0 saturated heterocycles. The third-order valence-electron chi connectivity index (χ3n) is 2.07. The first-order valence-electron chi connectivity index (χ1n) is 4.52. The minimum atomic E-state index is 0.160. The van der Waals surface area contributed by atoms with Crippen LogP contribution in [0.4, 0.5) is 6.01 Å². The Bertz CT molecular complexity index is 304. The average Bonchev–Trinajstić information content (AvgIpc) is 2.88. The molecule has 1 aromatic rings. The first-order chi connectivity index (χ1) is 6.29. The maximum absolute atomic E-state index is 5.40. The predicted octanol–water partition coefficient (Wildman–Crippen LogP) is 1.93. The second-order valence-corrected chi connectivity index (χ2v) is 3.39. The van der Waals surface area contributed by atoms with Crippen LogP contribution in [0.15, 0.2) is 17.1 Å². The van der Waals surface area contributed by atoms with Crippen molar-refractivity contribution in [2.24, 2.45) is 0 Å². The molecule has 13 heavy (non-hydrogen) atoms. The van der Waals surface area contributed by atoms with Crippen LogP contribution in [-0.2, 0) is 0 Å². The van der Waals surface area contributed by atoms with Gasteiger partial charge >= 0.3 is 6.01 Å². The van der Waals surface area contributed by atoms with E-state index in [9.17, 15) is 0 Å². The fraction of sp³-hybridized carbons (Fsp3) is 0.556. The fourth-order valence-electron chi connectivity index (χ4n) is 1.04. The highest BCUT2D eigenvalue weighted by molar-refractivity contribution is 5.22. The molecule has 1 aromatic heterocycles. The molecular weight excluding hydrogens is 166 g/mol. The molecule has 1 saturated carbocycles. The molecular formula is C9H13N3O. The molecule has 0 aliphatic heterocycles. The molecule has 70 valence electrons. The van der Waals surface area contributed by atoms with Crippen molar-refractivity contribution >= 4 is 6.01 Å². The topological polar surface area (TPSA) is 51.0 Å². The highest BCUT2D eigenvalue weighted by Gasteiger charge is 2.29. The third kappa shape index (κ3) is 1.88. The monoisotopic (exact) mass is 179 g/mol. The van der Waals surface area contributed by atoms with E-state index in [0.29, 0.717) is 11.9 Å². The van der Waals surface area contributed by atoms with Crippen LogP contribution >= 0.6 is 0 Å². The van der Waals surface area contributed by atoms with Gasteiger partial charge in [0.25, 0.3) is 0 Å². The summed E-state index contributed by atoms with van der Waals surface area (Å²) in [6, 6.07) is 0.654. The van der Waals surface area contributed by atoms with Gasteiger partial charge in [0.15, 0.2) is 0 Å². The van der Waals surface area contributed by atoms with E-state index >= 15 is 0 Å². The lowest BCUT2D eigenvalue weighted by molar-refractivity contribution is 0.505. The van der Waals surface area contributed by atoms with Gasteiger partial charge in [0, 0.05) is 12.0 Å². The maximum Gasteiger partial charge on any atom is 0.315 e. The Morgan fingerprint density at radius 1 is 1.62 bits per heavy atom. The molecule has 1 fully saturated rings. The standard InChI is InChI=1S/C9H13N3O/c1-3-6(2)10-9-12-11-8(13-9)7-4-5-7/h3,6-7H,1,4-5H2,2H3,(H,10,12). The van der Waals surface area contributed by atoms with Gasteiger partial charge in [-0.2, -0.15) is 0 Å². The van der Waals surface area contributed by atoms with Crippen LogP contribution in [0.25, 0.3) is 0 Å². The molecule has 1 aliphatic carbocycles. The molecule has 1 atom stereocenters. The summed E-state index contributed by atoms with van der Waals surface area (Å²) in [4.78, 5) is 0. The van der Waals surface area contributed by atoms with Gasteiger partial charge in [0.1, 0.15) is 0 Å². The van der Waals surface area contributed by atoms with E-state index in [2.05, 4.69) is 22.1 Å². The minimum absolute atomic E-state index is 0.160. The number of rotatable bonds is 4. The largest absolute Gasteiger partial charge is 0.408 e. The molecule has 1 unspecified atom stereocenters. The maximum atomic E-state index is 5.40. The SMILES string of the molecule is C=CC(C)Nc1nnc(C2CC2)o1. The van der Waals surface area contributed by atoms with Crippen molar-refractivity contribution in [3.8, 4) is 0 Å². The van der Waals surface area contributed by atoms with Crippen molar-refractivity contribution in [3.63, 3.8) is 0 Å². The Morgan fingerprint density at radius 3 is 3.00 bits per heavy atom.